The molecule has 2 N–H and O–H groups in total. The maximum absolute atomic E-state index is 13.8. The summed E-state index contributed by atoms with van der Waals surface area (Å²) >= 11 is 0. The van der Waals surface area contributed by atoms with E-state index < -0.39 is 17.7 Å². The van der Waals surface area contributed by atoms with Gasteiger partial charge in [-0.05, 0) is 67.9 Å². The molecule has 2 aromatic rings. The lowest BCUT2D eigenvalue weighted by molar-refractivity contribution is -0.166. The fraction of sp³-hybridized carbons (Fsp3) is 0.562. The van der Waals surface area contributed by atoms with Crippen molar-refractivity contribution in [3.05, 3.63) is 60.2 Å². The van der Waals surface area contributed by atoms with Gasteiger partial charge >= 0.3 is 0 Å². The van der Waals surface area contributed by atoms with Gasteiger partial charge in [0, 0.05) is 26.2 Å². The molecular formula is C32H43N3O4. The van der Waals surface area contributed by atoms with Gasteiger partial charge in [0.25, 0.3) is 0 Å². The maximum Gasteiger partial charge on any atom is 0.248 e. The Morgan fingerprint density at radius 2 is 1.64 bits per heavy atom. The number of piperazine rings is 1. The predicted molar refractivity (Wildman–Crippen MR) is 151 cm³/mol. The highest BCUT2D eigenvalue weighted by Crippen LogP contribution is 2.36. The molecule has 2 heterocycles. The molecule has 2 atom stereocenters. The van der Waals surface area contributed by atoms with Crippen LogP contribution in [0.2, 0.25) is 0 Å². The molecule has 2 aliphatic heterocycles. The van der Waals surface area contributed by atoms with Gasteiger partial charge in [0.05, 0.1) is 6.10 Å². The highest BCUT2D eigenvalue weighted by atomic mass is 16.5. The predicted octanol–water partition coefficient (Wildman–Crippen LogP) is 4.88. The monoisotopic (exact) mass is 533 g/mol. The Morgan fingerprint density at radius 1 is 0.974 bits per heavy atom. The molecule has 3 fully saturated rings. The first kappa shape index (κ1) is 27.7. The number of para-hydroxylation sites is 1. The second kappa shape index (κ2) is 12.5. The number of nitrogens with one attached hydrogen (secondary N) is 1. The van der Waals surface area contributed by atoms with E-state index in [4.69, 9.17) is 4.74 Å². The molecule has 1 saturated carbocycles. The Kier molecular flexibility index (Phi) is 8.88. The Morgan fingerprint density at radius 3 is 2.31 bits per heavy atom. The van der Waals surface area contributed by atoms with Crippen molar-refractivity contribution in [2.24, 2.45) is 5.92 Å². The lowest BCUT2D eigenvalue weighted by atomic mass is 9.78. The van der Waals surface area contributed by atoms with Gasteiger partial charge in [-0.3, -0.25) is 14.5 Å². The summed E-state index contributed by atoms with van der Waals surface area (Å²) in [5.41, 5.74) is 0.368. The summed E-state index contributed by atoms with van der Waals surface area (Å²) < 4.78 is 5.92. The quantitative estimate of drug-likeness (QED) is 0.480. The highest BCUT2D eigenvalue weighted by molar-refractivity contribution is 6.00. The zero-order chi connectivity index (χ0) is 27.2. The van der Waals surface area contributed by atoms with E-state index in [1.807, 2.05) is 47.4 Å². The van der Waals surface area contributed by atoms with Crippen LogP contribution in [0.3, 0.4) is 0 Å². The molecule has 1 aliphatic carbocycles. The standard InChI is InChI=1S/C32H43N3O4/c1-2-3-20-35-30(37)28(29(36)25-10-6-4-7-11-25)33-31(38)32(35)18-21-34(22-19-32)23-24-14-16-27(17-15-24)39-26-12-8-5-9-13-26/h5,8-9,12-17,25,28-29,36H,2-4,6-7,10-11,18-23H2,1H3,(H,33,38)/t28-,29+/m1/s1. The van der Waals surface area contributed by atoms with Crippen molar-refractivity contribution < 1.29 is 19.4 Å². The molecule has 2 amide bonds. The van der Waals surface area contributed by atoms with E-state index in [0.717, 1.165) is 69.7 Å². The molecule has 0 bridgehead atoms. The minimum Gasteiger partial charge on any atom is -0.457 e. The first-order chi connectivity index (χ1) is 19.0. The number of likely N-dealkylation sites (tertiary alicyclic amines) is 1. The van der Waals surface area contributed by atoms with Crippen LogP contribution in [-0.4, -0.2) is 64.0 Å². The van der Waals surface area contributed by atoms with E-state index in [9.17, 15) is 14.7 Å². The van der Waals surface area contributed by atoms with Crippen molar-refractivity contribution >= 4 is 11.8 Å². The largest absolute Gasteiger partial charge is 0.457 e. The number of aliphatic hydroxyl groups excluding tert-OH is 1. The summed E-state index contributed by atoms with van der Waals surface area (Å²) in [5, 5.41) is 14.2. The maximum atomic E-state index is 13.8. The average molecular weight is 534 g/mol. The van der Waals surface area contributed by atoms with Crippen LogP contribution in [0.5, 0.6) is 11.5 Å². The summed E-state index contributed by atoms with van der Waals surface area (Å²) in [7, 11) is 0. The van der Waals surface area contributed by atoms with Crippen molar-refractivity contribution in [1.29, 1.82) is 0 Å². The summed E-state index contributed by atoms with van der Waals surface area (Å²) in [4.78, 5) is 31.7. The van der Waals surface area contributed by atoms with Crippen LogP contribution in [-0.2, 0) is 16.1 Å². The average Bonchev–Trinajstić information content (AvgIpc) is 2.98. The van der Waals surface area contributed by atoms with Crippen LogP contribution >= 0.6 is 0 Å². The molecule has 1 spiro atoms. The van der Waals surface area contributed by atoms with Crippen molar-refractivity contribution in [3.8, 4) is 11.5 Å². The van der Waals surface area contributed by atoms with Crippen molar-refractivity contribution in [2.75, 3.05) is 19.6 Å². The molecule has 39 heavy (non-hydrogen) atoms. The van der Waals surface area contributed by atoms with Crippen molar-refractivity contribution in [2.45, 2.75) is 88.9 Å². The molecule has 0 aromatic heterocycles. The second-order valence-corrected chi connectivity index (χ2v) is 11.6. The molecule has 5 rings (SSSR count). The molecule has 2 saturated heterocycles. The number of hydrogen-bond donors (Lipinski definition) is 2. The highest BCUT2D eigenvalue weighted by Gasteiger charge is 2.55. The fourth-order valence-electron chi connectivity index (χ4n) is 6.58. The Balaban J connectivity index is 1.22. The first-order valence-corrected chi connectivity index (χ1v) is 14.8. The topological polar surface area (TPSA) is 82.1 Å². The number of piperidine rings is 1. The number of aliphatic hydroxyl groups is 1. The normalized spacial score (nSPS) is 23.0. The molecule has 7 nitrogen and oxygen atoms in total. The fourth-order valence-corrected chi connectivity index (χ4v) is 6.58. The lowest BCUT2D eigenvalue weighted by Crippen LogP contribution is -2.75. The SMILES string of the molecule is CCCCN1C(=O)[C@@H]([C@@H](O)C2CCCCC2)NC(=O)C12CCN(Cc1ccc(Oc3ccccc3)cc1)CC2. The zero-order valence-corrected chi connectivity index (χ0v) is 23.2. The van der Waals surface area contributed by atoms with E-state index >= 15 is 0 Å². The molecular weight excluding hydrogens is 490 g/mol. The summed E-state index contributed by atoms with van der Waals surface area (Å²) in [6.07, 6.45) is 7.41. The third-order valence-corrected chi connectivity index (χ3v) is 8.96. The van der Waals surface area contributed by atoms with Gasteiger partial charge in [-0.1, -0.05) is 62.9 Å². The minimum atomic E-state index is -0.822. The zero-order valence-electron chi connectivity index (χ0n) is 23.2. The van der Waals surface area contributed by atoms with Crippen LogP contribution in [0.1, 0.15) is 70.3 Å². The van der Waals surface area contributed by atoms with Crippen LogP contribution < -0.4 is 10.1 Å². The number of rotatable bonds is 9. The van der Waals surface area contributed by atoms with Crippen LogP contribution in [0.25, 0.3) is 0 Å². The molecule has 0 radical (unpaired) electrons. The van der Waals surface area contributed by atoms with Crippen LogP contribution in [0.15, 0.2) is 54.6 Å². The number of unbranched alkanes of at least 4 members (excludes halogenated alkanes) is 1. The van der Waals surface area contributed by atoms with Crippen LogP contribution in [0, 0.1) is 5.92 Å². The second-order valence-electron chi connectivity index (χ2n) is 11.6. The number of nitrogens with zero attached hydrogens (tertiary/aromatic N) is 2. The molecule has 0 unspecified atom stereocenters. The number of amides is 2. The molecule has 2 aromatic carbocycles. The number of carbonyl (C=O) groups is 2. The van der Waals surface area contributed by atoms with E-state index in [1.165, 1.54) is 12.0 Å². The number of ether oxygens (including phenoxy) is 1. The Bertz CT molecular complexity index is 1090. The lowest BCUT2D eigenvalue weighted by Gasteiger charge is -2.52. The van der Waals surface area contributed by atoms with Gasteiger partial charge in [0.1, 0.15) is 23.1 Å². The van der Waals surface area contributed by atoms with Gasteiger partial charge in [-0.15, -0.1) is 0 Å². The molecule has 210 valence electrons. The molecule has 7 heteroatoms. The van der Waals surface area contributed by atoms with E-state index in [1.54, 1.807) is 0 Å². The van der Waals surface area contributed by atoms with Gasteiger partial charge in [-0.25, -0.2) is 0 Å². The third-order valence-electron chi connectivity index (χ3n) is 8.96. The van der Waals surface area contributed by atoms with E-state index in [0.29, 0.717) is 19.4 Å². The van der Waals surface area contributed by atoms with Gasteiger partial charge < -0.3 is 20.1 Å². The van der Waals surface area contributed by atoms with Gasteiger partial charge in [0.15, 0.2) is 0 Å². The number of hydrogen-bond acceptors (Lipinski definition) is 5. The summed E-state index contributed by atoms with van der Waals surface area (Å²) in [6.45, 7) is 4.94. The Labute approximate surface area is 232 Å². The minimum absolute atomic E-state index is 0.0832. The van der Waals surface area contributed by atoms with Crippen molar-refractivity contribution in [3.63, 3.8) is 0 Å². The first-order valence-electron chi connectivity index (χ1n) is 14.8. The number of carbonyl (C=O) groups excluding carboxylic acids is 2. The van der Waals surface area contributed by atoms with Gasteiger partial charge in [0.2, 0.25) is 11.8 Å². The van der Waals surface area contributed by atoms with E-state index in [-0.39, 0.29) is 17.7 Å². The third kappa shape index (κ3) is 6.15. The van der Waals surface area contributed by atoms with Gasteiger partial charge in [-0.2, -0.15) is 0 Å². The van der Waals surface area contributed by atoms with E-state index in [2.05, 4.69) is 29.3 Å². The Hall–Kier alpha value is -2.90. The summed E-state index contributed by atoms with van der Waals surface area (Å²) in [5.74, 6) is 1.52. The molecule has 3 aliphatic rings. The van der Waals surface area contributed by atoms with Crippen molar-refractivity contribution in [1.82, 2.24) is 15.1 Å². The number of benzene rings is 2. The smallest absolute Gasteiger partial charge is 0.248 e. The van der Waals surface area contributed by atoms with Crippen LogP contribution in [0.4, 0.5) is 0 Å². The summed E-state index contributed by atoms with van der Waals surface area (Å²) in [6, 6.07) is 17.1.